The highest BCUT2D eigenvalue weighted by molar-refractivity contribution is 7.89. The quantitative estimate of drug-likeness (QED) is 0.324. The highest BCUT2D eigenvalue weighted by Crippen LogP contribution is 2.30. The van der Waals surface area contributed by atoms with Crippen LogP contribution in [0.4, 0.5) is 0 Å². The van der Waals surface area contributed by atoms with Gasteiger partial charge in [0.05, 0.1) is 4.90 Å². The number of hydrogen-bond acceptors (Lipinski definition) is 3. The molecule has 36 heavy (non-hydrogen) atoms. The first-order chi connectivity index (χ1) is 16.8. The van der Waals surface area contributed by atoms with Crippen LogP contribution in [0.5, 0.6) is 0 Å². The first-order valence-corrected chi connectivity index (χ1v) is 14.1. The summed E-state index contributed by atoms with van der Waals surface area (Å²) < 4.78 is 28.0. The molecule has 194 valence electrons. The Morgan fingerprint density at radius 3 is 2.03 bits per heavy atom. The first kappa shape index (κ1) is 28.4. The van der Waals surface area contributed by atoms with E-state index in [0.717, 1.165) is 26.1 Å². The van der Waals surface area contributed by atoms with E-state index in [4.69, 9.17) is 0 Å². The van der Waals surface area contributed by atoms with Crippen molar-refractivity contribution < 1.29 is 8.42 Å². The van der Waals surface area contributed by atoms with Gasteiger partial charge >= 0.3 is 0 Å². The maximum absolute atomic E-state index is 13.2. The standard InChI is InChI=1S/C30H38N2O2S.ClH/c1-24-20-25(2)22-29(21-24)28(23-31(3)35(33,34)30-12-8-5-9-13-30)16-19-32-17-14-27(15-18-32)26-10-6-4-7-11-26;/h4-13,20-22,27-28H,14-19,23H2,1-3H3;1H/t28-;/m0./s1. The van der Waals surface area contributed by atoms with Crippen LogP contribution < -0.4 is 0 Å². The zero-order valence-electron chi connectivity index (χ0n) is 21.6. The second-order valence-corrected chi connectivity index (χ2v) is 12.1. The first-order valence-electron chi connectivity index (χ1n) is 12.7. The minimum absolute atomic E-state index is 0. The summed E-state index contributed by atoms with van der Waals surface area (Å²) in [4.78, 5) is 2.91. The largest absolute Gasteiger partial charge is 0.303 e. The number of sulfonamides is 1. The molecule has 4 nitrogen and oxygen atoms in total. The predicted molar refractivity (Wildman–Crippen MR) is 152 cm³/mol. The van der Waals surface area contributed by atoms with E-state index in [1.807, 2.05) is 6.07 Å². The molecule has 1 fully saturated rings. The number of halogens is 1. The van der Waals surface area contributed by atoms with Gasteiger partial charge in [-0.05, 0) is 87.8 Å². The third kappa shape index (κ3) is 7.19. The van der Waals surface area contributed by atoms with Gasteiger partial charge in [-0.1, -0.05) is 77.9 Å². The van der Waals surface area contributed by atoms with Gasteiger partial charge in [-0.2, -0.15) is 0 Å². The molecule has 3 aromatic carbocycles. The van der Waals surface area contributed by atoms with E-state index in [1.165, 1.54) is 39.4 Å². The molecule has 1 saturated heterocycles. The molecule has 0 saturated carbocycles. The molecule has 0 aliphatic carbocycles. The fraction of sp³-hybridized carbons (Fsp3) is 0.400. The van der Waals surface area contributed by atoms with Crippen LogP contribution in [0.1, 0.15) is 53.4 Å². The van der Waals surface area contributed by atoms with Crippen molar-refractivity contribution in [2.45, 2.75) is 49.8 Å². The summed E-state index contributed by atoms with van der Waals surface area (Å²) in [5.74, 6) is 0.786. The average molecular weight is 527 g/mol. The number of rotatable bonds is 9. The van der Waals surface area contributed by atoms with Crippen molar-refractivity contribution in [2.75, 3.05) is 33.2 Å². The van der Waals surface area contributed by atoms with Crippen molar-refractivity contribution >= 4 is 22.4 Å². The number of benzene rings is 3. The Labute approximate surface area is 223 Å². The third-order valence-electron chi connectivity index (χ3n) is 7.30. The number of piperidine rings is 1. The minimum Gasteiger partial charge on any atom is -0.303 e. The zero-order valence-corrected chi connectivity index (χ0v) is 23.3. The molecule has 1 heterocycles. The lowest BCUT2D eigenvalue weighted by atomic mass is 9.88. The molecule has 0 N–H and O–H groups in total. The van der Waals surface area contributed by atoms with Crippen molar-refractivity contribution in [2.24, 2.45) is 0 Å². The van der Waals surface area contributed by atoms with Gasteiger partial charge in [-0.25, -0.2) is 12.7 Å². The van der Waals surface area contributed by atoms with E-state index in [1.54, 1.807) is 31.3 Å². The van der Waals surface area contributed by atoms with E-state index in [9.17, 15) is 8.42 Å². The minimum atomic E-state index is -3.52. The highest BCUT2D eigenvalue weighted by atomic mass is 35.5. The van der Waals surface area contributed by atoms with Gasteiger partial charge in [0.15, 0.2) is 0 Å². The molecule has 0 aromatic heterocycles. The van der Waals surface area contributed by atoms with E-state index in [2.05, 4.69) is 67.3 Å². The molecule has 4 rings (SSSR count). The smallest absolute Gasteiger partial charge is 0.242 e. The van der Waals surface area contributed by atoms with Gasteiger partial charge in [0.1, 0.15) is 0 Å². The van der Waals surface area contributed by atoms with Crippen molar-refractivity contribution in [1.29, 1.82) is 0 Å². The van der Waals surface area contributed by atoms with Crippen LogP contribution in [0, 0.1) is 13.8 Å². The van der Waals surface area contributed by atoms with Crippen LogP contribution in [-0.2, 0) is 10.0 Å². The summed E-state index contributed by atoms with van der Waals surface area (Å²) in [7, 11) is -1.81. The van der Waals surface area contributed by atoms with Gasteiger partial charge in [0.2, 0.25) is 10.0 Å². The molecule has 0 unspecified atom stereocenters. The summed E-state index contributed by atoms with van der Waals surface area (Å²) in [6.45, 7) is 7.88. The number of nitrogens with zero attached hydrogens (tertiary/aromatic N) is 2. The van der Waals surface area contributed by atoms with Crippen molar-refractivity contribution in [1.82, 2.24) is 9.21 Å². The molecular formula is C30H39ClN2O2S. The fourth-order valence-electron chi connectivity index (χ4n) is 5.34. The van der Waals surface area contributed by atoms with E-state index >= 15 is 0 Å². The second-order valence-electron chi connectivity index (χ2n) is 10.0. The van der Waals surface area contributed by atoms with Crippen molar-refractivity contribution in [3.63, 3.8) is 0 Å². The van der Waals surface area contributed by atoms with Crippen LogP contribution in [0.25, 0.3) is 0 Å². The number of hydrogen-bond donors (Lipinski definition) is 0. The Kier molecular flexibility index (Phi) is 10.1. The monoisotopic (exact) mass is 526 g/mol. The van der Waals surface area contributed by atoms with E-state index in [-0.39, 0.29) is 18.3 Å². The van der Waals surface area contributed by atoms with Gasteiger partial charge in [0, 0.05) is 13.6 Å². The summed E-state index contributed by atoms with van der Waals surface area (Å²) in [6, 6.07) is 26.2. The summed E-state index contributed by atoms with van der Waals surface area (Å²) in [5, 5.41) is 0. The second kappa shape index (κ2) is 12.9. The Morgan fingerprint density at radius 2 is 1.44 bits per heavy atom. The topological polar surface area (TPSA) is 40.6 Å². The van der Waals surface area contributed by atoms with Gasteiger partial charge < -0.3 is 4.90 Å². The van der Waals surface area contributed by atoms with Crippen molar-refractivity contribution in [3.8, 4) is 0 Å². The van der Waals surface area contributed by atoms with Gasteiger partial charge in [-0.15, -0.1) is 12.4 Å². The third-order valence-corrected chi connectivity index (χ3v) is 9.13. The van der Waals surface area contributed by atoms with Crippen LogP contribution in [0.2, 0.25) is 0 Å². The van der Waals surface area contributed by atoms with Gasteiger partial charge in [-0.3, -0.25) is 0 Å². The Morgan fingerprint density at radius 1 is 0.889 bits per heavy atom. The lowest BCUT2D eigenvalue weighted by Crippen LogP contribution is -2.36. The van der Waals surface area contributed by atoms with Crippen LogP contribution in [0.15, 0.2) is 83.8 Å². The summed E-state index contributed by atoms with van der Waals surface area (Å²) in [6.07, 6.45) is 3.30. The fourth-order valence-corrected chi connectivity index (χ4v) is 6.58. The SMILES string of the molecule is Cc1cc(C)cc([C@@H](CCN2CCC(c3ccccc3)CC2)CN(C)S(=O)(=O)c2ccccc2)c1.Cl. The molecule has 1 aliphatic heterocycles. The molecule has 1 aliphatic rings. The lowest BCUT2D eigenvalue weighted by molar-refractivity contribution is 0.203. The summed E-state index contributed by atoms with van der Waals surface area (Å²) >= 11 is 0. The molecule has 3 aromatic rings. The van der Waals surface area contributed by atoms with Crippen LogP contribution in [-0.4, -0.2) is 50.8 Å². The van der Waals surface area contributed by atoms with Gasteiger partial charge in [0.25, 0.3) is 0 Å². The lowest BCUT2D eigenvalue weighted by Gasteiger charge is -2.33. The van der Waals surface area contributed by atoms with Crippen LogP contribution >= 0.6 is 12.4 Å². The zero-order chi connectivity index (χ0) is 24.8. The Hall–Kier alpha value is -2.18. The van der Waals surface area contributed by atoms with E-state index < -0.39 is 10.0 Å². The van der Waals surface area contributed by atoms with Crippen molar-refractivity contribution in [3.05, 3.63) is 101 Å². The maximum atomic E-state index is 13.2. The molecule has 0 amide bonds. The maximum Gasteiger partial charge on any atom is 0.242 e. The average Bonchev–Trinajstić information content (AvgIpc) is 2.87. The number of likely N-dealkylation sites (tertiary alicyclic amines) is 1. The number of likely N-dealkylation sites (N-methyl/N-ethyl adjacent to an activating group) is 1. The molecule has 6 heteroatoms. The highest BCUT2D eigenvalue weighted by Gasteiger charge is 2.26. The summed E-state index contributed by atoms with van der Waals surface area (Å²) in [5.41, 5.74) is 5.13. The molecule has 0 spiro atoms. The molecule has 0 bridgehead atoms. The molecule has 1 atom stereocenters. The normalized spacial score (nSPS) is 16.0. The molecular weight excluding hydrogens is 488 g/mol. The predicted octanol–water partition coefficient (Wildman–Crippen LogP) is 6.40. The Balaban J connectivity index is 0.00000361. The number of aryl methyl sites for hydroxylation is 2. The van der Waals surface area contributed by atoms with E-state index in [0.29, 0.717) is 17.4 Å². The molecule has 0 radical (unpaired) electrons. The Bertz CT molecular complexity index is 1170. The van der Waals surface area contributed by atoms with Crippen LogP contribution in [0.3, 0.4) is 0 Å².